The minimum absolute atomic E-state index is 0.00786. The quantitative estimate of drug-likeness (QED) is 0.680. The van der Waals surface area contributed by atoms with Crippen molar-refractivity contribution in [3.05, 3.63) is 71.3 Å². The highest BCUT2D eigenvalue weighted by Gasteiger charge is 2.17. The predicted octanol–water partition coefficient (Wildman–Crippen LogP) is 3.09. The van der Waals surface area contributed by atoms with Gasteiger partial charge in [-0.15, -0.1) is 5.10 Å². The first kappa shape index (κ1) is 15.1. The van der Waals surface area contributed by atoms with E-state index in [9.17, 15) is 4.79 Å². The van der Waals surface area contributed by atoms with Gasteiger partial charge < -0.3 is 0 Å². The van der Waals surface area contributed by atoms with Crippen LogP contribution in [0.5, 0.6) is 0 Å². The molecule has 0 aliphatic heterocycles. The van der Waals surface area contributed by atoms with Crippen molar-refractivity contribution >= 4 is 5.78 Å². The number of rotatable bonds is 5. The lowest BCUT2D eigenvalue weighted by atomic mass is 10.1. The van der Waals surface area contributed by atoms with Crippen LogP contribution < -0.4 is 0 Å². The molecule has 0 amide bonds. The molecule has 116 valence electrons. The monoisotopic (exact) mass is 306 g/mol. The van der Waals surface area contributed by atoms with E-state index in [2.05, 4.69) is 15.3 Å². The molecule has 3 rings (SSSR count). The van der Waals surface area contributed by atoms with Crippen LogP contribution >= 0.6 is 0 Å². The van der Waals surface area contributed by atoms with Crippen LogP contribution in [0.15, 0.2) is 48.7 Å². The fourth-order valence-corrected chi connectivity index (χ4v) is 2.42. The third kappa shape index (κ3) is 3.34. The Morgan fingerprint density at radius 1 is 1.09 bits per heavy atom. The Morgan fingerprint density at radius 3 is 2.57 bits per heavy atom. The molecular formula is C18H18N4O. The van der Waals surface area contributed by atoms with Gasteiger partial charge in [0.05, 0.1) is 11.4 Å². The normalized spacial score (nSPS) is 10.7. The van der Waals surface area contributed by atoms with Crippen molar-refractivity contribution in [2.24, 2.45) is 0 Å². The summed E-state index contributed by atoms with van der Waals surface area (Å²) < 4.78 is 1.70. The summed E-state index contributed by atoms with van der Waals surface area (Å²) in [7, 11) is 0. The Labute approximate surface area is 135 Å². The molecule has 0 radical (unpaired) electrons. The van der Waals surface area contributed by atoms with Gasteiger partial charge in [0.25, 0.3) is 0 Å². The first-order valence-corrected chi connectivity index (χ1v) is 7.57. The van der Waals surface area contributed by atoms with E-state index in [0.717, 1.165) is 17.1 Å². The zero-order valence-corrected chi connectivity index (χ0v) is 13.2. The molecule has 0 aliphatic carbocycles. The molecule has 0 fully saturated rings. The molecule has 2 aromatic heterocycles. The molecule has 2 heterocycles. The molecule has 3 aromatic rings. The molecule has 0 aliphatic rings. The molecule has 0 bridgehead atoms. The van der Waals surface area contributed by atoms with Gasteiger partial charge in [-0.05, 0) is 44.5 Å². The maximum absolute atomic E-state index is 12.4. The van der Waals surface area contributed by atoms with Crippen molar-refractivity contribution in [2.75, 3.05) is 0 Å². The topological polar surface area (TPSA) is 60.7 Å². The standard InChI is InChI=1S/C18H18N4O/c1-13-6-9-16(10-7-13)22-14(2)18(20-21-22)17(23)11-8-15-5-3-4-12-19-15/h3-7,9-10,12H,8,11H2,1-2H3. The third-order valence-electron chi connectivity index (χ3n) is 3.77. The Kier molecular flexibility index (Phi) is 4.28. The van der Waals surface area contributed by atoms with Gasteiger partial charge in [0.1, 0.15) is 0 Å². The molecular weight excluding hydrogens is 288 g/mol. The molecule has 0 unspecified atom stereocenters. The van der Waals surface area contributed by atoms with Crippen LogP contribution in [0.3, 0.4) is 0 Å². The van der Waals surface area contributed by atoms with Gasteiger partial charge in [0.2, 0.25) is 0 Å². The van der Waals surface area contributed by atoms with E-state index in [1.54, 1.807) is 10.9 Å². The highest BCUT2D eigenvalue weighted by atomic mass is 16.1. The number of carbonyl (C=O) groups is 1. The summed E-state index contributed by atoms with van der Waals surface area (Å²) in [6.45, 7) is 3.90. The number of Topliss-reactive ketones (excluding diaryl/α,β-unsaturated/α-hetero) is 1. The van der Waals surface area contributed by atoms with Crippen LogP contribution in [0.1, 0.15) is 33.9 Å². The first-order valence-electron chi connectivity index (χ1n) is 7.57. The summed E-state index contributed by atoms with van der Waals surface area (Å²) in [5.74, 6) is -0.00786. The molecule has 0 saturated carbocycles. The van der Waals surface area contributed by atoms with Gasteiger partial charge in [0.15, 0.2) is 11.5 Å². The lowest BCUT2D eigenvalue weighted by Crippen LogP contribution is -2.06. The summed E-state index contributed by atoms with van der Waals surface area (Å²) in [4.78, 5) is 16.6. The Balaban J connectivity index is 1.76. The van der Waals surface area contributed by atoms with Gasteiger partial charge in [-0.2, -0.15) is 0 Å². The number of aromatic nitrogens is 4. The first-order chi connectivity index (χ1) is 11.1. The predicted molar refractivity (Wildman–Crippen MR) is 87.7 cm³/mol. The van der Waals surface area contributed by atoms with E-state index in [1.165, 1.54) is 5.56 Å². The third-order valence-corrected chi connectivity index (χ3v) is 3.77. The zero-order chi connectivity index (χ0) is 16.2. The van der Waals surface area contributed by atoms with Gasteiger partial charge in [-0.1, -0.05) is 29.0 Å². The van der Waals surface area contributed by atoms with E-state index < -0.39 is 0 Å². The fraction of sp³-hybridized carbons (Fsp3) is 0.222. The molecule has 0 saturated heterocycles. The van der Waals surface area contributed by atoms with Gasteiger partial charge in [-0.25, -0.2) is 4.68 Å². The number of hydrogen-bond donors (Lipinski definition) is 0. The van der Waals surface area contributed by atoms with E-state index in [-0.39, 0.29) is 5.78 Å². The Bertz CT molecular complexity index is 807. The molecule has 0 atom stereocenters. The van der Waals surface area contributed by atoms with Gasteiger partial charge in [0, 0.05) is 18.3 Å². The molecule has 0 N–H and O–H groups in total. The van der Waals surface area contributed by atoms with Crippen LogP contribution in [-0.2, 0) is 6.42 Å². The molecule has 0 spiro atoms. The number of benzene rings is 1. The Morgan fingerprint density at radius 2 is 1.87 bits per heavy atom. The SMILES string of the molecule is Cc1ccc(-n2nnc(C(=O)CCc3ccccn3)c2C)cc1. The van der Waals surface area contributed by atoms with Crippen LogP contribution in [0, 0.1) is 13.8 Å². The zero-order valence-electron chi connectivity index (χ0n) is 13.2. The fourth-order valence-electron chi connectivity index (χ4n) is 2.42. The van der Waals surface area contributed by atoms with Crippen molar-refractivity contribution in [1.82, 2.24) is 20.0 Å². The maximum Gasteiger partial charge on any atom is 0.185 e. The summed E-state index contributed by atoms with van der Waals surface area (Å²) in [5, 5.41) is 8.19. The minimum Gasteiger partial charge on any atom is -0.292 e. The van der Waals surface area contributed by atoms with Gasteiger partial charge >= 0.3 is 0 Å². The smallest absolute Gasteiger partial charge is 0.185 e. The molecule has 1 aromatic carbocycles. The van der Waals surface area contributed by atoms with Crippen molar-refractivity contribution in [2.45, 2.75) is 26.7 Å². The molecule has 5 nitrogen and oxygen atoms in total. The number of ketones is 1. The van der Waals surface area contributed by atoms with Gasteiger partial charge in [-0.3, -0.25) is 9.78 Å². The number of pyridine rings is 1. The molecule has 23 heavy (non-hydrogen) atoms. The minimum atomic E-state index is -0.00786. The maximum atomic E-state index is 12.4. The van der Waals surface area contributed by atoms with E-state index in [0.29, 0.717) is 18.5 Å². The van der Waals surface area contributed by atoms with E-state index >= 15 is 0 Å². The van der Waals surface area contributed by atoms with Crippen LogP contribution in [-0.4, -0.2) is 25.8 Å². The Hall–Kier alpha value is -2.82. The van der Waals surface area contributed by atoms with Crippen molar-refractivity contribution in [3.63, 3.8) is 0 Å². The van der Waals surface area contributed by atoms with Crippen LogP contribution in [0.4, 0.5) is 0 Å². The number of aryl methyl sites for hydroxylation is 2. The summed E-state index contributed by atoms with van der Waals surface area (Å²) in [5.41, 5.74) is 4.19. The van der Waals surface area contributed by atoms with Crippen molar-refractivity contribution in [1.29, 1.82) is 0 Å². The van der Waals surface area contributed by atoms with E-state index in [4.69, 9.17) is 0 Å². The lowest BCUT2D eigenvalue weighted by Gasteiger charge is -2.04. The largest absolute Gasteiger partial charge is 0.292 e. The highest BCUT2D eigenvalue weighted by Crippen LogP contribution is 2.15. The van der Waals surface area contributed by atoms with Crippen LogP contribution in [0.25, 0.3) is 5.69 Å². The second-order valence-electron chi connectivity index (χ2n) is 5.52. The summed E-state index contributed by atoms with van der Waals surface area (Å²) in [6, 6.07) is 13.7. The number of hydrogen-bond acceptors (Lipinski definition) is 4. The number of carbonyl (C=O) groups excluding carboxylic acids is 1. The highest BCUT2D eigenvalue weighted by molar-refractivity contribution is 5.95. The lowest BCUT2D eigenvalue weighted by molar-refractivity contribution is 0.0977. The number of nitrogens with zero attached hydrogens (tertiary/aromatic N) is 4. The van der Waals surface area contributed by atoms with Crippen molar-refractivity contribution < 1.29 is 4.79 Å². The van der Waals surface area contributed by atoms with Crippen LogP contribution in [0.2, 0.25) is 0 Å². The van der Waals surface area contributed by atoms with Crippen molar-refractivity contribution in [3.8, 4) is 5.69 Å². The van der Waals surface area contributed by atoms with E-state index in [1.807, 2.05) is 56.3 Å². The summed E-state index contributed by atoms with van der Waals surface area (Å²) >= 11 is 0. The summed E-state index contributed by atoms with van der Waals surface area (Å²) in [6.07, 6.45) is 2.72. The second kappa shape index (κ2) is 6.52. The average molecular weight is 306 g/mol. The second-order valence-corrected chi connectivity index (χ2v) is 5.52. The average Bonchev–Trinajstić information content (AvgIpc) is 2.96. The molecule has 5 heteroatoms.